The summed E-state index contributed by atoms with van der Waals surface area (Å²) in [5.74, 6) is -1.79. The number of hydrogen-bond donors (Lipinski definition) is 1. The van der Waals surface area contributed by atoms with Gasteiger partial charge in [0, 0.05) is 36.5 Å². The van der Waals surface area contributed by atoms with Crippen molar-refractivity contribution in [1.82, 2.24) is 24.5 Å². The van der Waals surface area contributed by atoms with E-state index >= 15 is 0 Å². The number of aromatic nitrogens is 4. The van der Waals surface area contributed by atoms with Gasteiger partial charge < -0.3 is 9.57 Å². The van der Waals surface area contributed by atoms with Crippen molar-refractivity contribution in [2.24, 2.45) is 5.92 Å². The molecule has 13 nitrogen and oxygen atoms in total. The Bertz CT molecular complexity index is 1690. The zero-order valence-electron chi connectivity index (χ0n) is 22.9. The fourth-order valence-corrected chi connectivity index (χ4v) is 5.46. The van der Waals surface area contributed by atoms with Crippen LogP contribution in [0.4, 0.5) is 13.2 Å². The molecule has 43 heavy (non-hydrogen) atoms. The van der Waals surface area contributed by atoms with Crippen molar-refractivity contribution >= 4 is 21.9 Å². The monoisotopic (exact) mass is 624 g/mol. The second-order valence-corrected chi connectivity index (χ2v) is 11.5. The van der Waals surface area contributed by atoms with Crippen LogP contribution >= 0.6 is 0 Å². The fourth-order valence-electron chi connectivity index (χ4n) is 4.42. The molecule has 1 aliphatic heterocycles. The SMILES string of the molecule is CC(=O)OCOn1on1N1CCC(C(=O)NS(=O)(=O)c2ccc(-n3nc(C(F)(F)F)cc3-c3ccc(C)cc3)cc2)CC1. The Kier molecular flexibility index (Phi) is 8.00. The molecule has 3 heterocycles. The summed E-state index contributed by atoms with van der Waals surface area (Å²) in [6.45, 7) is 3.45. The molecule has 2 aromatic heterocycles. The lowest BCUT2D eigenvalue weighted by molar-refractivity contribution is -0.156. The first kappa shape index (κ1) is 29.8. The molecule has 0 aliphatic carbocycles. The highest BCUT2D eigenvalue weighted by Gasteiger charge is 2.36. The summed E-state index contributed by atoms with van der Waals surface area (Å²) in [7, 11) is -4.26. The second-order valence-electron chi connectivity index (χ2n) is 9.84. The van der Waals surface area contributed by atoms with Crippen molar-refractivity contribution in [3.8, 4) is 16.9 Å². The summed E-state index contributed by atoms with van der Waals surface area (Å²) in [5.41, 5.74) is 0.708. The summed E-state index contributed by atoms with van der Waals surface area (Å²) >= 11 is 0. The van der Waals surface area contributed by atoms with E-state index in [0.29, 0.717) is 31.5 Å². The van der Waals surface area contributed by atoms with E-state index in [-0.39, 0.29) is 23.1 Å². The number of sulfonamides is 1. The Hall–Kier alpha value is -4.67. The average Bonchev–Trinajstić information content (AvgIpc) is 3.58. The number of benzene rings is 2. The van der Waals surface area contributed by atoms with Crippen molar-refractivity contribution in [1.29, 1.82) is 0 Å². The van der Waals surface area contributed by atoms with E-state index in [1.165, 1.54) is 36.2 Å². The van der Waals surface area contributed by atoms with Crippen LogP contribution in [-0.2, 0) is 30.5 Å². The van der Waals surface area contributed by atoms with Gasteiger partial charge in [0.05, 0.1) is 16.3 Å². The molecule has 0 radical (unpaired) electrons. The van der Waals surface area contributed by atoms with E-state index in [9.17, 15) is 31.2 Å². The van der Waals surface area contributed by atoms with E-state index in [2.05, 4.69) is 14.6 Å². The number of ether oxygens (including phenoxy) is 1. The summed E-state index contributed by atoms with van der Waals surface area (Å²) in [5, 5.41) is 6.44. The van der Waals surface area contributed by atoms with Crippen LogP contribution in [-0.4, -0.2) is 59.9 Å². The first-order valence-corrected chi connectivity index (χ1v) is 14.5. The van der Waals surface area contributed by atoms with Crippen molar-refractivity contribution in [3.63, 3.8) is 0 Å². The Morgan fingerprint density at radius 1 is 1.07 bits per heavy atom. The lowest BCUT2D eigenvalue weighted by Gasteiger charge is -2.28. The maximum Gasteiger partial charge on any atom is 0.435 e. The molecule has 2 aromatic carbocycles. The molecule has 1 aliphatic rings. The van der Waals surface area contributed by atoms with Gasteiger partial charge in [-0.15, -0.1) is 0 Å². The van der Waals surface area contributed by atoms with Gasteiger partial charge in [-0.2, -0.15) is 22.9 Å². The minimum Gasteiger partial charge on any atom is -0.426 e. The predicted octanol–water partition coefficient (Wildman–Crippen LogP) is 2.86. The van der Waals surface area contributed by atoms with E-state index < -0.39 is 39.7 Å². The van der Waals surface area contributed by atoms with Crippen LogP contribution in [0.25, 0.3) is 16.9 Å². The number of alkyl halides is 3. The summed E-state index contributed by atoms with van der Waals surface area (Å²) in [6.07, 6.45) is -4.04. The number of halogens is 3. The van der Waals surface area contributed by atoms with Gasteiger partial charge >= 0.3 is 12.1 Å². The number of esters is 1. The minimum atomic E-state index is -4.68. The molecule has 0 spiro atoms. The van der Waals surface area contributed by atoms with Crippen molar-refractivity contribution in [3.05, 3.63) is 65.9 Å². The quantitative estimate of drug-likeness (QED) is 0.220. The fraction of sp³-hybridized carbons (Fsp3) is 0.346. The van der Waals surface area contributed by atoms with Crippen molar-refractivity contribution in [2.75, 3.05) is 24.9 Å². The van der Waals surface area contributed by atoms with Crippen LogP contribution in [0.1, 0.15) is 31.0 Å². The van der Waals surface area contributed by atoms with Crippen LogP contribution < -0.4 is 14.6 Å². The molecule has 0 atom stereocenters. The van der Waals surface area contributed by atoms with Gasteiger partial charge in [0.1, 0.15) is 5.02 Å². The van der Waals surface area contributed by atoms with Crippen molar-refractivity contribution in [2.45, 2.75) is 37.8 Å². The molecule has 0 saturated carbocycles. The van der Waals surface area contributed by atoms with Gasteiger partial charge in [0.25, 0.3) is 16.8 Å². The molecule has 4 aromatic rings. The zero-order chi connectivity index (χ0) is 30.9. The Balaban J connectivity index is 1.23. The molecular weight excluding hydrogens is 597 g/mol. The molecule has 0 unspecified atom stereocenters. The summed E-state index contributed by atoms with van der Waals surface area (Å²) in [4.78, 5) is 29.7. The number of nitrogens with zero attached hydrogens (tertiary/aromatic N) is 5. The van der Waals surface area contributed by atoms with E-state index in [1.54, 1.807) is 29.3 Å². The number of rotatable bonds is 9. The van der Waals surface area contributed by atoms with Crippen LogP contribution in [0.5, 0.6) is 0 Å². The van der Waals surface area contributed by atoms with E-state index in [4.69, 9.17) is 9.47 Å². The van der Waals surface area contributed by atoms with E-state index in [0.717, 1.165) is 21.3 Å². The minimum absolute atomic E-state index is 0.176. The van der Waals surface area contributed by atoms with Crippen LogP contribution in [0.15, 0.2) is 64.1 Å². The van der Waals surface area contributed by atoms with Crippen LogP contribution in [0.3, 0.4) is 0 Å². The Morgan fingerprint density at radius 3 is 2.33 bits per heavy atom. The Labute approximate surface area is 243 Å². The van der Waals surface area contributed by atoms with Gasteiger partial charge in [0.2, 0.25) is 5.91 Å². The number of carbonyl (C=O) groups excluding carboxylic acids is 2. The third-order valence-electron chi connectivity index (χ3n) is 6.74. The third kappa shape index (κ3) is 6.87. The normalized spacial score (nSPS) is 14.6. The molecule has 230 valence electrons. The number of piperidine rings is 1. The largest absolute Gasteiger partial charge is 0.435 e. The number of aryl methyl sites for hydroxylation is 1. The number of amides is 1. The average molecular weight is 625 g/mol. The van der Waals surface area contributed by atoms with Gasteiger partial charge in [0.15, 0.2) is 5.69 Å². The molecule has 1 amide bonds. The molecule has 0 bridgehead atoms. The molecule has 1 fully saturated rings. The van der Waals surface area contributed by atoms with E-state index in [1.807, 2.05) is 6.92 Å². The molecule has 17 heteroatoms. The first-order chi connectivity index (χ1) is 20.3. The van der Waals surface area contributed by atoms with Gasteiger partial charge in [-0.3, -0.25) is 14.6 Å². The predicted molar refractivity (Wildman–Crippen MR) is 143 cm³/mol. The maximum atomic E-state index is 13.5. The third-order valence-corrected chi connectivity index (χ3v) is 8.10. The maximum absolute atomic E-state index is 13.5. The molecule has 5 rings (SSSR count). The summed E-state index contributed by atoms with van der Waals surface area (Å²) in [6, 6.07) is 12.8. The van der Waals surface area contributed by atoms with Gasteiger partial charge in [-0.1, -0.05) is 29.8 Å². The highest BCUT2D eigenvalue weighted by atomic mass is 32.2. The topological polar surface area (TPSA) is 143 Å². The van der Waals surface area contributed by atoms with Crippen LogP contribution in [0, 0.1) is 12.8 Å². The van der Waals surface area contributed by atoms with Gasteiger partial charge in [-0.25, -0.2) is 17.8 Å². The lowest BCUT2D eigenvalue weighted by atomic mass is 9.97. The smallest absolute Gasteiger partial charge is 0.426 e. The highest BCUT2D eigenvalue weighted by Crippen LogP contribution is 2.33. The number of carbonyl (C=O) groups is 2. The second kappa shape index (κ2) is 11.5. The zero-order valence-corrected chi connectivity index (χ0v) is 23.8. The highest BCUT2D eigenvalue weighted by molar-refractivity contribution is 7.90. The lowest BCUT2D eigenvalue weighted by Crippen LogP contribution is -2.45. The standard InChI is InChI=1S/C26H27F3N6O7S/c1-17-3-5-19(6-4-17)23-15-24(26(27,28)29)30-33(23)21-7-9-22(10-8-21)43(38,39)31-25(37)20-11-13-32(14-12-20)34-35(42-34)41-16-40-18(2)36/h3-10,15,20H,11-14,16H2,1-2H3,(H,31,37). The first-order valence-electron chi connectivity index (χ1n) is 13.0. The van der Waals surface area contributed by atoms with Gasteiger partial charge in [-0.05, 0) is 50.1 Å². The molecular formula is C26H27F3N6O7S. The molecule has 1 N–H and O–H groups in total. The Morgan fingerprint density at radius 2 is 1.72 bits per heavy atom. The number of nitrogens with one attached hydrogen (secondary N) is 1. The van der Waals surface area contributed by atoms with Crippen molar-refractivity contribution < 1.29 is 45.4 Å². The summed E-state index contributed by atoms with van der Waals surface area (Å²) < 4.78 is 79.3. The number of hydrogen-bond acceptors (Lipinski definition) is 9. The van der Waals surface area contributed by atoms with Crippen LogP contribution in [0.2, 0.25) is 0 Å². The molecule has 1 saturated heterocycles.